The quantitative estimate of drug-likeness (QED) is 0.751. The number of piperidine rings is 2. The second-order valence-corrected chi connectivity index (χ2v) is 8.09. The van der Waals surface area contributed by atoms with Crippen molar-refractivity contribution in [2.45, 2.75) is 26.4 Å². The lowest BCUT2D eigenvalue weighted by Crippen LogP contribution is -3.41. The number of fused-ring (bicyclic) bond motifs is 1. The molecule has 4 saturated heterocycles. The third-order valence-electron chi connectivity index (χ3n) is 6.62. The van der Waals surface area contributed by atoms with Gasteiger partial charge in [0.2, 0.25) is 13.0 Å². The second-order valence-electron chi connectivity index (χ2n) is 8.09. The van der Waals surface area contributed by atoms with Crippen LogP contribution in [-0.4, -0.2) is 38.8 Å². The lowest BCUT2D eigenvalue weighted by molar-refractivity contribution is -1.18. The van der Waals surface area contributed by atoms with E-state index in [9.17, 15) is 4.79 Å². The molecule has 122 valence electrons. The molecule has 2 unspecified atom stereocenters. The Bertz CT molecular complexity index is 686. The Balaban J connectivity index is 1.54. The minimum atomic E-state index is -0.135. The Morgan fingerprint density at radius 3 is 2.52 bits per heavy atom. The van der Waals surface area contributed by atoms with Crippen LogP contribution in [-0.2, 0) is 4.79 Å². The Morgan fingerprint density at radius 1 is 1.13 bits per heavy atom. The van der Waals surface area contributed by atoms with E-state index in [2.05, 4.69) is 26.0 Å². The molecule has 6 rings (SSSR count). The molecule has 1 aromatic rings. The van der Waals surface area contributed by atoms with Gasteiger partial charge in [-0.25, -0.2) is 0 Å². The number of benzene rings is 1. The van der Waals surface area contributed by atoms with E-state index >= 15 is 0 Å². The maximum absolute atomic E-state index is 13.0. The normalized spacial score (nSPS) is 43.2. The van der Waals surface area contributed by atoms with Crippen molar-refractivity contribution >= 4 is 5.78 Å². The summed E-state index contributed by atoms with van der Waals surface area (Å²) in [6, 6.07) is 6.37. The van der Waals surface area contributed by atoms with E-state index in [-0.39, 0.29) is 10.8 Å². The summed E-state index contributed by atoms with van der Waals surface area (Å²) in [4.78, 5) is 16.1. The highest BCUT2D eigenvalue weighted by atomic mass is 16.7. The second kappa shape index (κ2) is 4.28. The summed E-state index contributed by atoms with van der Waals surface area (Å²) in [6.45, 7) is 8.61. The van der Waals surface area contributed by atoms with E-state index in [1.54, 1.807) is 9.80 Å². The first-order chi connectivity index (χ1) is 11.0. The van der Waals surface area contributed by atoms with Crippen LogP contribution in [0, 0.1) is 10.8 Å². The molecule has 0 radical (unpaired) electrons. The van der Waals surface area contributed by atoms with E-state index in [4.69, 9.17) is 9.47 Å². The van der Waals surface area contributed by atoms with Crippen molar-refractivity contribution in [2.24, 2.45) is 10.8 Å². The van der Waals surface area contributed by atoms with Crippen LogP contribution in [0.3, 0.4) is 0 Å². The third kappa shape index (κ3) is 1.67. The van der Waals surface area contributed by atoms with Crippen molar-refractivity contribution in [3.05, 3.63) is 23.8 Å². The third-order valence-corrected chi connectivity index (χ3v) is 6.62. The highest BCUT2D eigenvalue weighted by Crippen LogP contribution is 2.39. The fourth-order valence-electron chi connectivity index (χ4n) is 5.75. The molecule has 23 heavy (non-hydrogen) atoms. The van der Waals surface area contributed by atoms with Crippen LogP contribution >= 0.6 is 0 Å². The van der Waals surface area contributed by atoms with Gasteiger partial charge in [0, 0.05) is 0 Å². The number of hydrogen-bond acceptors (Lipinski definition) is 3. The van der Waals surface area contributed by atoms with Gasteiger partial charge in [-0.2, -0.15) is 0 Å². The largest absolute Gasteiger partial charge is 0.454 e. The first kappa shape index (κ1) is 13.8. The summed E-state index contributed by atoms with van der Waals surface area (Å²) in [6.07, 6.45) is 1.40. The first-order valence-electron chi connectivity index (χ1n) is 8.68. The number of carbonyl (C=O) groups excluding carboxylic acids is 1. The molecule has 0 amide bonds. The zero-order valence-electron chi connectivity index (χ0n) is 13.8. The van der Waals surface area contributed by atoms with Crippen LogP contribution in [0.2, 0.25) is 0 Å². The number of nitrogens with one attached hydrogen (secondary N) is 2. The number of carbonyl (C=O) groups is 1. The smallest absolute Gasteiger partial charge is 0.240 e. The van der Waals surface area contributed by atoms with Gasteiger partial charge in [0.25, 0.3) is 0 Å². The molecule has 4 bridgehead atoms. The molecule has 5 heterocycles. The molecule has 5 aliphatic heterocycles. The van der Waals surface area contributed by atoms with E-state index in [1.165, 1.54) is 5.56 Å². The van der Waals surface area contributed by atoms with Crippen LogP contribution in [0.4, 0.5) is 0 Å². The molecular weight excluding hydrogens is 292 g/mol. The number of ketones is 1. The van der Waals surface area contributed by atoms with E-state index in [0.717, 1.165) is 44.1 Å². The molecule has 0 aromatic heterocycles. The summed E-state index contributed by atoms with van der Waals surface area (Å²) in [5, 5.41) is 0. The summed E-state index contributed by atoms with van der Waals surface area (Å²) >= 11 is 0. The highest BCUT2D eigenvalue weighted by molar-refractivity contribution is 5.91. The minimum Gasteiger partial charge on any atom is -0.454 e. The standard InChI is InChI=1S/C18H22N2O3/c1-3-18-9-19-7-17(2,16(18)21)8-20(10-18)15(19)12-4-5-13-14(6-12)23-11-22-13/h4-6,15H,3,7-11H2,1-2H3/p+2. The molecule has 5 nitrogen and oxygen atoms in total. The van der Waals surface area contributed by atoms with Gasteiger partial charge in [-0.3, -0.25) is 14.6 Å². The van der Waals surface area contributed by atoms with Crippen LogP contribution in [0.15, 0.2) is 18.2 Å². The van der Waals surface area contributed by atoms with Gasteiger partial charge in [0.15, 0.2) is 17.3 Å². The van der Waals surface area contributed by atoms with Gasteiger partial charge in [-0.15, -0.1) is 0 Å². The molecule has 0 spiro atoms. The monoisotopic (exact) mass is 316 g/mol. The average Bonchev–Trinajstić information content (AvgIpc) is 2.99. The SMILES string of the molecule is CCC12C[NH+]3CC(C)(C[NH+](C1)C3c1ccc3c(c1)OCO3)C2=O. The zero-order chi connectivity index (χ0) is 15.8. The molecule has 1 aromatic carbocycles. The van der Waals surface area contributed by atoms with Gasteiger partial charge >= 0.3 is 0 Å². The molecular formula is C18H24N2O3+2. The van der Waals surface area contributed by atoms with Gasteiger partial charge in [0.1, 0.15) is 23.9 Å². The van der Waals surface area contributed by atoms with Crippen molar-refractivity contribution in [1.82, 2.24) is 0 Å². The van der Waals surface area contributed by atoms with Crippen molar-refractivity contribution in [3.8, 4) is 11.5 Å². The topological polar surface area (TPSA) is 44.4 Å². The van der Waals surface area contributed by atoms with Gasteiger partial charge < -0.3 is 9.47 Å². The molecule has 4 fully saturated rings. The number of quaternary nitrogens is 2. The van der Waals surface area contributed by atoms with Gasteiger partial charge in [-0.05, 0) is 31.5 Å². The Labute approximate surface area is 136 Å². The lowest BCUT2D eigenvalue weighted by atomic mass is 9.60. The first-order valence-corrected chi connectivity index (χ1v) is 8.68. The van der Waals surface area contributed by atoms with Crippen LogP contribution in [0.1, 0.15) is 32.0 Å². The van der Waals surface area contributed by atoms with E-state index in [1.807, 2.05) is 6.07 Å². The molecule has 5 aliphatic rings. The highest BCUT2D eigenvalue weighted by Gasteiger charge is 2.69. The molecule has 2 N–H and O–H groups in total. The zero-order valence-corrected chi connectivity index (χ0v) is 13.8. The van der Waals surface area contributed by atoms with E-state index < -0.39 is 0 Å². The van der Waals surface area contributed by atoms with Crippen molar-refractivity contribution < 1.29 is 24.1 Å². The van der Waals surface area contributed by atoms with Crippen molar-refractivity contribution in [3.63, 3.8) is 0 Å². The Morgan fingerprint density at radius 2 is 1.83 bits per heavy atom. The van der Waals surface area contributed by atoms with Crippen molar-refractivity contribution in [2.75, 3.05) is 33.0 Å². The summed E-state index contributed by atoms with van der Waals surface area (Å²) < 4.78 is 11.0. The molecule has 2 atom stereocenters. The number of Topliss-reactive ketones (excluding diaryl/α,β-unsaturated/α-hetero) is 1. The maximum atomic E-state index is 13.0. The van der Waals surface area contributed by atoms with E-state index in [0.29, 0.717) is 18.7 Å². The Kier molecular flexibility index (Phi) is 2.57. The maximum Gasteiger partial charge on any atom is 0.240 e. The van der Waals surface area contributed by atoms with Crippen LogP contribution < -0.4 is 19.3 Å². The fourth-order valence-corrected chi connectivity index (χ4v) is 5.75. The molecule has 5 heteroatoms. The number of ether oxygens (including phenoxy) is 2. The van der Waals surface area contributed by atoms with Crippen molar-refractivity contribution in [1.29, 1.82) is 0 Å². The minimum absolute atomic E-state index is 0.0945. The Hall–Kier alpha value is -1.59. The predicted molar refractivity (Wildman–Crippen MR) is 82.5 cm³/mol. The number of rotatable bonds is 2. The lowest BCUT2D eigenvalue weighted by Gasteiger charge is -2.59. The molecule has 0 aliphatic carbocycles. The van der Waals surface area contributed by atoms with Gasteiger partial charge in [-0.1, -0.05) is 6.92 Å². The summed E-state index contributed by atoms with van der Waals surface area (Å²) in [5.41, 5.74) is 1.09. The summed E-state index contributed by atoms with van der Waals surface area (Å²) in [7, 11) is 0. The number of hydrogen-bond donors (Lipinski definition) is 2. The predicted octanol–water partition coefficient (Wildman–Crippen LogP) is -0.804. The average molecular weight is 316 g/mol. The fraction of sp³-hybridized carbons (Fsp3) is 0.611. The molecule has 0 saturated carbocycles. The van der Waals surface area contributed by atoms with Crippen LogP contribution in [0.25, 0.3) is 0 Å². The van der Waals surface area contributed by atoms with Crippen LogP contribution in [0.5, 0.6) is 11.5 Å². The van der Waals surface area contributed by atoms with Gasteiger partial charge in [0.05, 0.1) is 18.7 Å². The summed E-state index contributed by atoms with van der Waals surface area (Å²) in [5.74, 6) is 2.24.